The molecule has 1 heterocycles. The van der Waals surface area contributed by atoms with Gasteiger partial charge in [0.2, 0.25) is 5.91 Å². The first-order valence-corrected chi connectivity index (χ1v) is 10.5. The van der Waals surface area contributed by atoms with E-state index in [1.54, 1.807) is 17.0 Å². The Hall–Kier alpha value is -2.17. The van der Waals surface area contributed by atoms with Gasteiger partial charge in [-0.25, -0.2) is 9.18 Å². The molecule has 0 unspecified atom stereocenters. The van der Waals surface area contributed by atoms with Crippen LogP contribution < -0.4 is 0 Å². The van der Waals surface area contributed by atoms with E-state index in [9.17, 15) is 14.0 Å². The van der Waals surface area contributed by atoms with Crippen LogP contribution in [0.1, 0.15) is 68.9 Å². The maximum absolute atomic E-state index is 13.7. The summed E-state index contributed by atoms with van der Waals surface area (Å²) in [5, 5.41) is 0. The number of esters is 1. The summed E-state index contributed by atoms with van der Waals surface area (Å²) in [6.07, 6.45) is 10.8. The molecule has 4 nitrogen and oxygen atoms in total. The Bertz CT molecular complexity index is 743. The minimum atomic E-state index is -0.505. The van der Waals surface area contributed by atoms with Gasteiger partial charge in [-0.1, -0.05) is 37.8 Å². The summed E-state index contributed by atoms with van der Waals surface area (Å²) in [6, 6.07) is 4.32. The third kappa shape index (κ3) is 5.00. The third-order valence-electron chi connectivity index (χ3n) is 5.84. The molecule has 0 radical (unpaired) electrons. The number of fused-ring (bicyclic) bond motifs is 1. The van der Waals surface area contributed by atoms with Gasteiger partial charge in [0.25, 0.3) is 0 Å². The van der Waals surface area contributed by atoms with Gasteiger partial charge < -0.3 is 9.64 Å². The van der Waals surface area contributed by atoms with Gasteiger partial charge in [0.05, 0.1) is 13.5 Å². The van der Waals surface area contributed by atoms with E-state index in [1.165, 1.54) is 13.2 Å². The zero-order chi connectivity index (χ0) is 19.9. The quantitative estimate of drug-likeness (QED) is 0.709. The first-order chi connectivity index (χ1) is 13.6. The van der Waals surface area contributed by atoms with Crippen LogP contribution >= 0.6 is 0 Å². The number of carbonyl (C=O) groups is 2. The monoisotopic (exact) mass is 387 g/mol. The fourth-order valence-corrected chi connectivity index (χ4v) is 4.33. The van der Waals surface area contributed by atoms with Crippen LogP contribution in [0.4, 0.5) is 4.39 Å². The number of benzene rings is 1. The number of amides is 1. The smallest absolute Gasteiger partial charge is 0.328 e. The molecule has 1 aliphatic heterocycles. The highest BCUT2D eigenvalue weighted by Gasteiger charge is 2.31. The molecule has 0 saturated carbocycles. The molecule has 5 heteroatoms. The second-order valence-electron chi connectivity index (χ2n) is 7.78. The van der Waals surface area contributed by atoms with Crippen molar-refractivity contribution in [2.75, 3.05) is 13.7 Å². The zero-order valence-electron chi connectivity index (χ0n) is 16.7. The van der Waals surface area contributed by atoms with Crippen molar-refractivity contribution in [3.63, 3.8) is 0 Å². The second-order valence-corrected chi connectivity index (χ2v) is 7.78. The Kier molecular flexibility index (Phi) is 7.24. The molecular formula is C23H30FNO3. The first kappa shape index (κ1) is 20.6. The molecule has 1 aromatic rings. The predicted octanol–water partition coefficient (Wildman–Crippen LogP) is 4.66. The molecule has 152 valence electrons. The standard InChI is InChI=1S/C23H30FNO3/c1-28-23(27)21-11-5-3-2-4-8-14-25(21)22(26)16-18-10-7-6-9-17-15-19(24)12-13-20(17)18/h10,12-13,15,21H,2-9,11,14,16H2,1H3/t21-/m0/s1. The van der Waals surface area contributed by atoms with E-state index in [1.807, 2.05) is 0 Å². The summed E-state index contributed by atoms with van der Waals surface area (Å²) in [7, 11) is 1.39. The van der Waals surface area contributed by atoms with Crippen molar-refractivity contribution >= 4 is 17.4 Å². The number of methoxy groups -OCH3 is 1. The lowest BCUT2D eigenvalue weighted by Crippen LogP contribution is -2.46. The van der Waals surface area contributed by atoms with Crippen molar-refractivity contribution in [1.82, 2.24) is 4.90 Å². The van der Waals surface area contributed by atoms with Crippen molar-refractivity contribution in [3.8, 4) is 0 Å². The maximum atomic E-state index is 13.7. The average molecular weight is 387 g/mol. The van der Waals surface area contributed by atoms with Crippen LogP contribution in [0, 0.1) is 5.82 Å². The fraction of sp³-hybridized carbons (Fsp3) is 0.565. The SMILES string of the molecule is COC(=O)[C@@H]1CCCCCCCN1C(=O)CC1=CCCCc2cc(F)ccc21. The topological polar surface area (TPSA) is 46.6 Å². The van der Waals surface area contributed by atoms with Crippen LogP contribution in [0.15, 0.2) is 24.3 Å². The molecule has 28 heavy (non-hydrogen) atoms. The Morgan fingerprint density at radius 2 is 1.93 bits per heavy atom. The summed E-state index contributed by atoms with van der Waals surface area (Å²) in [4.78, 5) is 27.4. The van der Waals surface area contributed by atoms with E-state index in [-0.39, 0.29) is 24.1 Å². The Morgan fingerprint density at radius 3 is 2.75 bits per heavy atom. The lowest BCUT2D eigenvalue weighted by molar-refractivity contribution is -0.153. The molecule has 2 aliphatic rings. The van der Waals surface area contributed by atoms with Gasteiger partial charge in [-0.3, -0.25) is 4.79 Å². The molecule has 0 aromatic heterocycles. The number of hydrogen-bond acceptors (Lipinski definition) is 3. The van der Waals surface area contributed by atoms with Crippen molar-refractivity contribution < 1.29 is 18.7 Å². The molecule has 3 rings (SSSR count). The molecule has 0 spiro atoms. The summed E-state index contributed by atoms with van der Waals surface area (Å²) in [5.74, 6) is -0.606. The van der Waals surface area contributed by atoms with Crippen LogP contribution in [0.5, 0.6) is 0 Å². The number of nitrogens with zero attached hydrogens (tertiary/aromatic N) is 1. The number of halogens is 1. The lowest BCUT2D eigenvalue weighted by atomic mass is 9.96. The van der Waals surface area contributed by atoms with Gasteiger partial charge in [0.1, 0.15) is 11.9 Å². The van der Waals surface area contributed by atoms with Crippen LogP contribution in [-0.4, -0.2) is 36.5 Å². The number of rotatable bonds is 3. The Balaban J connectivity index is 1.82. The second kappa shape index (κ2) is 9.85. The molecule has 1 amide bonds. The normalized spacial score (nSPS) is 20.7. The number of aryl methyl sites for hydroxylation is 1. The minimum Gasteiger partial charge on any atom is -0.467 e. The van der Waals surface area contributed by atoms with Crippen LogP contribution in [0.3, 0.4) is 0 Å². The van der Waals surface area contributed by atoms with Crippen molar-refractivity contribution in [2.45, 2.75) is 70.3 Å². The predicted molar refractivity (Wildman–Crippen MR) is 107 cm³/mol. The molecular weight excluding hydrogens is 357 g/mol. The summed E-state index contributed by atoms with van der Waals surface area (Å²) in [5.41, 5.74) is 2.87. The summed E-state index contributed by atoms with van der Waals surface area (Å²) in [6.45, 7) is 0.585. The highest BCUT2D eigenvalue weighted by Crippen LogP contribution is 2.30. The third-order valence-corrected chi connectivity index (χ3v) is 5.84. The average Bonchev–Trinajstić information content (AvgIpc) is 2.79. The van der Waals surface area contributed by atoms with Crippen molar-refractivity contribution in [3.05, 3.63) is 41.2 Å². The Labute approximate surface area is 166 Å². The number of hydrogen-bond donors (Lipinski definition) is 0. The molecule has 0 bridgehead atoms. The fourth-order valence-electron chi connectivity index (χ4n) is 4.33. The molecule has 1 aliphatic carbocycles. The highest BCUT2D eigenvalue weighted by atomic mass is 19.1. The molecule has 1 aromatic carbocycles. The molecule has 1 fully saturated rings. The van der Waals surface area contributed by atoms with E-state index >= 15 is 0 Å². The summed E-state index contributed by atoms with van der Waals surface area (Å²) < 4.78 is 18.7. The van der Waals surface area contributed by atoms with Gasteiger partial charge in [0, 0.05) is 6.54 Å². The minimum absolute atomic E-state index is 0.0410. The van der Waals surface area contributed by atoms with E-state index in [2.05, 4.69) is 6.08 Å². The van der Waals surface area contributed by atoms with Crippen molar-refractivity contribution in [1.29, 1.82) is 0 Å². The number of carbonyl (C=O) groups excluding carboxylic acids is 2. The first-order valence-electron chi connectivity index (χ1n) is 10.5. The molecule has 1 saturated heterocycles. The number of allylic oxidation sites excluding steroid dienone is 1. The highest BCUT2D eigenvalue weighted by molar-refractivity contribution is 5.92. The van der Waals surface area contributed by atoms with Crippen LogP contribution in [0.25, 0.3) is 5.57 Å². The van der Waals surface area contributed by atoms with E-state index in [4.69, 9.17) is 4.74 Å². The van der Waals surface area contributed by atoms with E-state index in [0.29, 0.717) is 13.0 Å². The van der Waals surface area contributed by atoms with Crippen LogP contribution in [0.2, 0.25) is 0 Å². The molecule has 1 atom stereocenters. The largest absolute Gasteiger partial charge is 0.467 e. The lowest BCUT2D eigenvalue weighted by Gasteiger charge is -2.30. The van der Waals surface area contributed by atoms with Gasteiger partial charge >= 0.3 is 5.97 Å². The Morgan fingerprint density at radius 1 is 1.14 bits per heavy atom. The molecule has 0 N–H and O–H groups in total. The van der Waals surface area contributed by atoms with Gasteiger partial charge in [-0.05, 0) is 60.9 Å². The van der Waals surface area contributed by atoms with Gasteiger partial charge in [-0.15, -0.1) is 0 Å². The van der Waals surface area contributed by atoms with Crippen LogP contribution in [-0.2, 0) is 20.7 Å². The zero-order valence-corrected chi connectivity index (χ0v) is 16.7. The van der Waals surface area contributed by atoms with E-state index in [0.717, 1.165) is 68.1 Å². The summed E-state index contributed by atoms with van der Waals surface area (Å²) >= 11 is 0. The number of ether oxygens (including phenoxy) is 1. The van der Waals surface area contributed by atoms with Gasteiger partial charge in [0.15, 0.2) is 0 Å². The van der Waals surface area contributed by atoms with Gasteiger partial charge in [-0.2, -0.15) is 0 Å². The van der Waals surface area contributed by atoms with E-state index < -0.39 is 6.04 Å². The van der Waals surface area contributed by atoms with Crippen molar-refractivity contribution in [2.24, 2.45) is 0 Å². The maximum Gasteiger partial charge on any atom is 0.328 e.